The van der Waals surface area contributed by atoms with Crippen LogP contribution in [0.2, 0.25) is 0 Å². The highest BCUT2D eigenvalue weighted by Gasteiger charge is 2.11. The molecule has 2 N–H and O–H groups in total. The van der Waals surface area contributed by atoms with Crippen LogP contribution in [0.15, 0.2) is 65.1 Å². The van der Waals surface area contributed by atoms with Crippen LogP contribution in [0.1, 0.15) is 21.9 Å². The Labute approximate surface area is 171 Å². The Morgan fingerprint density at radius 2 is 1.67 bits per heavy atom. The summed E-state index contributed by atoms with van der Waals surface area (Å²) in [6.45, 7) is 0.520. The molecule has 1 aromatic heterocycles. The third-order valence-electron chi connectivity index (χ3n) is 4.07. The van der Waals surface area contributed by atoms with Gasteiger partial charge in [0.1, 0.15) is 29.8 Å². The number of hydrogen-bond acceptors (Lipinski definition) is 4. The van der Waals surface area contributed by atoms with E-state index < -0.39 is 11.7 Å². The number of halogens is 2. The molecule has 8 heteroatoms. The summed E-state index contributed by atoms with van der Waals surface area (Å²) in [6, 6.07) is 14.5. The van der Waals surface area contributed by atoms with Gasteiger partial charge in [0.15, 0.2) is 5.76 Å². The van der Waals surface area contributed by atoms with Gasteiger partial charge in [0.2, 0.25) is 5.91 Å². The maximum Gasteiger partial charge on any atom is 0.287 e. The Hall–Kier alpha value is -3.68. The number of carbonyl (C=O) groups is 2. The molecular formula is C22H20F2N2O4. The highest BCUT2D eigenvalue weighted by atomic mass is 19.1. The predicted molar refractivity (Wildman–Crippen MR) is 105 cm³/mol. The molecule has 0 saturated carbocycles. The van der Waals surface area contributed by atoms with Gasteiger partial charge >= 0.3 is 0 Å². The molecule has 0 fully saturated rings. The number of amides is 2. The Morgan fingerprint density at radius 1 is 0.900 bits per heavy atom. The van der Waals surface area contributed by atoms with Gasteiger partial charge in [-0.15, -0.1) is 0 Å². The fraction of sp³-hybridized carbons (Fsp3) is 0.182. The van der Waals surface area contributed by atoms with Crippen LogP contribution in [0.4, 0.5) is 8.78 Å². The first-order chi connectivity index (χ1) is 14.5. The summed E-state index contributed by atoms with van der Waals surface area (Å²) in [7, 11) is 0. The quantitative estimate of drug-likeness (QED) is 0.527. The fourth-order valence-electron chi connectivity index (χ4n) is 2.62. The van der Waals surface area contributed by atoms with E-state index in [-0.39, 0.29) is 43.6 Å². The Morgan fingerprint density at radius 3 is 2.43 bits per heavy atom. The Bertz CT molecular complexity index is 1000. The van der Waals surface area contributed by atoms with Gasteiger partial charge in [-0.25, -0.2) is 8.78 Å². The number of carbonyl (C=O) groups excluding carboxylic acids is 2. The predicted octanol–water partition coefficient (Wildman–Crippen LogP) is 3.23. The highest BCUT2D eigenvalue weighted by Crippen LogP contribution is 2.15. The third kappa shape index (κ3) is 6.44. The molecule has 0 saturated heterocycles. The maximum absolute atomic E-state index is 13.1. The lowest BCUT2D eigenvalue weighted by atomic mass is 10.1. The smallest absolute Gasteiger partial charge is 0.287 e. The molecule has 3 aromatic rings. The third-order valence-corrected chi connectivity index (χ3v) is 4.07. The summed E-state index contributed by atoms with van der Waals surface area (Å²) in [6.07, 6.45) is 0.0569. The van der Waals surface area contributed by atoms with Crippen LogP contribution in [-0.2, 0) is 17.8 Å². The monoisotopic (exact) mass is 414 g/mol. The number of rotatable bonds is 9. The molecule has 0 radical (unpaired) electrons. The number of benzene rings is 2. The van der Waals surface area contributed by atoms with Crippen LogP contribution in [0.25, 0.3) is 0 Å². The van der Waals surface area contributed by atoms with Crippen molar-refractivity contribution in [3.05, 3.63) is 89.4 Å². The Kier molecular flexibility index (Phi) is 7.15. The van der Waals surface area contributed by atoms with Crippen LogP contribution < -0.4 is 15.4 Å². The molecule has 0 spiro atoms. The molecular weight excluding hydrogens is 394 g/mol. The van der Waals surface area contributed by atoms with Gasteiger partial charge in [0.25, 0.3) is 5.91 Å². The van der Waals surface area contributed by atoms with Crippen molar-refractivity contribution in [3.63, 3.8) is 0 Å². The first kappa shape index (κ1) is 21.0. The van der Waals surface area contributed by atoms with Gasteiger partial charge in [-0.05, 0) is 54.1 Å². The van der Waals surface area contributed by atoms with E-state index in [1.54, 1.807) is 18.2 Å². The van der Waals surface area contributed by atoms with E-state index in [4.69, 9.17) is 9.15 Å². The second-order valence-corrected chi connectivity index (χ2v) is 6.42. The SMILES string of the molecule is O=C(Cc1cccc(F)c1)NCCNC(=O)c1ccc(COc2ccc(F)cc2)o1. The summed E-state index contributed by atoms with van der Waals surface area (Å²) >= 11 is 0. The standard InChI is InChI=1S/C22H20F2N2O4/c23-16-4-6-18(7-5-16)29-14-19-8-9-20(30-19)22(28)26-11-10-25-21(27)13-15-2-1-3-17(24)12-15/h1-9,12H,10-11,13-14H2,(H,25,27)(H,26,28). The molecule has 0 aliphatic rings. The molecule has 6 nitrogen and oxygen atoms in total. The van der Waals surface area contributed by atoms with E-state index in [2.05, 4.69) is 10.6 Å². The molecule has 30 heavy (non-hydrogen) atoms. The number of nitrogens with one attached hydrogen (secondary N) is 2. The lowest BCUT2D eigenvalue weighted by molar-refractivity contribution is -0.120. The second-order valence-electron chi connectivity index (χ2n) is 6.42. The molecule has 156 valence electrons. The summed E-state index contributed by atoms with van der Waals surface area (Å²) in [5.74, 6) is -0.423. The zero-order valence-corrected chi connectivity index (χ0v) is 16.0. The van der Waals surface area contributed by atoms with E-state index in [9.17, 15) is 18.4 Å². The average Bonchev–Trinajstić information content (AvgIpc) is 3.20. The van der Waals surface area contributed by atoms with Crippen molar-refractivity contribution in [2.75, 3.05) is 13.1 Å². The van der Waals surface area contributed by atoms with E-state index in [0.29, 0.717) is 17.1 Å². The average molecular weight is 414 g/mol. The molecule has 0 aliphatic carbocycles. The van der Waals surface area contributed by atoms with Gasteiger partial charge in [-0.3, -0.25) is 9.59 Å². The lowest BCUT2D eigenvalue weighted by Gasteiger charge is -2.07. The van der Waals surface area contributed by atoms with Crippen molar-refractivity contribution in [1.82, 2.24) is 10.6 Å². The van der Waals surface area contributed by atoms with E-state index in [1.807, 2.05) is 0 Å². The Balaban J connectivity index is 1.36. The first-order valence-electron chi connectivity index (χ1n) is 9.26. The van der Waals surface area contributed by atoms with Crippen molar-refractivity contribution >= 4 is 11.8 Å². The summed E-state index contributed by atoms with van der Waals surface area (Å²) in [5.41, 5.74) is 0.572. The van der Waals surface area contributed by atoms with Crippen molar-refractivity contribution in [1.29, 1.82) is 0 Å². The minimum absolute atomic E-state index is 0.0569. The highest BCUT2D eigenvalue weighted by molar-refractivity contribution is 5.91. The van der Waals surface area contributed by atoms with Crippen LogP contribution >= 0.6 is 0 Å². The normalized spacial score (nSPS) is 10.5. The molecule has 0 bridgehead atoms. The van der Waals surface area contributed by atoms with Crippen molar-refractivity contribution < 1.29 is 27.5 Å². The topological polar surface area (TPSA) is 80.6 Å². The van der Waals surface area contributed by atoms with Crippen molar-refractivity contribution in [2.24, 2.45) is 0 Å². The van der Waals surface area contributed by atoms with Gasteiger partial charge in [-0.2, -0.15) is 0 Å². The van der Waals surface area contributed by atoms with E-state index in [1.165, 1.54) is 42.5 Å². The first-order valence-corrected chi connectivity index (χ1v) is 9.26. The van der Waals surface area contributed by atoms with E-state index >= 15 is 0 Å². The van der Waals surface area contributed by atoms with Gasteiger partial charge in [-0.1, -0.05) is 12.1 Å². The molecule has 0 unspecified atom stereocenters. The summed E-state index contributed by atoms with van der Waals surface area (Å²) in [4.78, 5) is 24.0. The van der Waals surface area contributed by atoms with Crippen LogP contribution in [0, 0.1) is 11.6 Å². The fourth-order valence-corrected chi connectivity index (χ4v) is 2.62. The van der Waals surface area contributed by atoms with Crippen LogP contribution in [-0.4, -0.2) is 24.9 Å². The number of hydrogen-bond donors (Lipinski definition) is 2. The van der Waals surface area contributed by atoms with Crippen molar-refractivity contribution in [3.8, 4) is 5.75 Å². The van der Waals surface area contributed by atoms with Gasteiger partial charge in [0, 0.05) is 13.1 Å². The summed E-state index contributed by atoms with van der Waals surface area (Å²) < 4.78 is 36.9. The lowest BCUT2D eigenvalue weighted by Crippen LogP contribution is -2.35. The minimum Gasteiger partial charge on any atom is -0.486 e. The molecule has 2 amide bonds. The van der Waals surface area contributed by atoms with Gasteiger partial charge in [0.05, 0.1) is 6.42 Å². The zero-order valence-electron chi connectivity index (χ0n) is 16.0. The molecule has 0 atom stereocenters. The number of furan rings is 1. The van der Waals surface area contributed by atoms with Crippen LogP contribution in [0.3, 0.4) is 0 Å². The molecule has 3 rings (SSSR count). The van der Waals surface area contributed by atoms with E-state index in [0.717, 1.165) is 0 Å². The second kappa shape index (κ2) is 10.2. The van der Waals surface area contributed by atoms with Gasteiger partial charge < -0.3 is 19.8 Å². The van der Waals surface area contributed by atoms with Crippen molar-refractivity contribution in [2.45, 2.75) is 13.0 Å². The molecule has 2 aromatic carbocycles. The maximum atomic E-state index is 13.1. The molecule has 0 aliphatic heterocycles. The largest absolute Gasteiger partial charge is 0.486 e. The number of ether oxygens (including phenoxy) is 1. The molecule has 1 heterocycles. The zero-order chi connectivity index (χ0) is 21.3. The van der Waals surface area contributed by atoms with Crippen LogP contribution in [0.5, 0.6) is 5.75 Å². The minimum atomic E-state index is -0.428. The summed E-state index contributed by atoms with van der Waals surface area (Å²) in [5, 5.41) is 5.28.